The first kappa shape index (κ1) is 21.4. The number of imidazole rings is 1. The van der Waals surface area contributed by atoms with Crippen molar-refractivity contribution in [3.8, 4) is 11.5 Å². The Balaban J connectivity index is 1.45. The maximum absolute atomic E-state index is 13.1. The lowest BCUT2D eigenvalue weighted by Crippen LogP contribution is -2.26. The van der Waals surface area contributed by atoms with Crippen LogP contribution in [0.4, 0.5) is 0 Å². The molecule has 164 valence electrons. The molecule has 0 aliphatic rings. The van der Waals surface area contributed by atoms with Crippen molar-refractivity contribution in [2.75, 3.05) is 13.7 Å². The van der Waals surface area contributed by atoms with Crippen LogP contribution >= 0.6 is 0 Å². The van der Waals surface area contributed by atoms with Crippen molar-refractivity contribution in [3.63, 3.8) is 0 Å². The van der Waals surface area contributed by atoms with Gasteiger partial charge < -0.3 is 18.8 Å². The van der Waals surface area contributed by atoms with Crippen molar-refractivity contribution in [3.05, 3.63) is 95.4 Å². The Morgan fingerprint density at radius 1 is 1.03 bits per heavy atom. The molecule has 2 aromatic carbocycles. The Labute approximate surface area is 188 Å². The quantitative estimate of drug-likeness (QED) is 0.400. The molecule has 0 aliphatic carbocycles. The molecule has 6 nitrogen and oxygen atoms in total. The second-order valence-electron chi connectivity index (χ2n) is 7.68. The second-order valence-corrected chi connectivity index (χ2v) is 7.68. The smallest absolute Gasteiger partial charge is 0.257 e. The van der Waals surface area contributed by atoms with Crippen LogP contribution in [0.1, 0.15) is 34.1 Å². The van der Waals surface area contributed by atoms with E-state index in [0.717, 1.165) is 28.2 Å². The molecule has 0 atom stereocenters. The van der Waals surface area contributed by atoms with Crippen LogP contribution in [-0.2, 0) is 13.2 Å². The minimum absolute atomic E-state index is 0.0969. The summed E-state index contributed by atoms with van der Waals surface area (Å²) in [5, 5.41) is 0. The largest absolute Gasteiger partial charge is 0.494 e. The van der Waals surface area contributed by atoms with Crippen LogP contribution in [0.15, 0.2) is 73.1 Å². The first-order valence-corrected chi connectivity index (χ1v) is 10.7. The number of ether oxygens (including phenoxy) is 2. The van der Waals surface area contributed by atoms with Gasteiger partial charge in [0, 0.05) is 26.0 Å². The highest BCUT2D eigenvalue weighted by Crippen LogP contribution is 2.22. The topological polar surface area (TPSA) is 56.1 Å². The number of para-hydroxylation sites is 1. The summed E-state index contributed by atoms with van der Waals surface area (Å²) in [5.41, 5.74) is 4.38. The molecule has 0 N–H and O–H groups in total. The molecule has 0 saturated carbocycles. The number of pyridine rings is 1. The van der Waals surface area contributed by atoms with Gasteiger partial charge in [0.2, 0.25) is 0 Å². The Morgan fingerprint density at radius 2 is 1.81 bits per heavy atom. The number of aromatic nitrogens is 2. The Hall–Kier alpha value is -3.80. The Morgan fingerprint density at radius 3 is 2.56 bits per heavy atom. The third-order valence-electron chi connectivity index (χ3n) is 5.22. The fraction of sp³-hybridized carbons (Fsp3) is 0.231. The lowest BCUT2D eigenvalue weighted by molar-refractivity contribution is 0.0780. The lowest BCUT2D eigenvalue weighted by atomic mass is 10.1. The number of rotatable bonds is 8. The minimum atomic E-state index is -0.0969. The number of amides is 1. The first-order valence-electron chi connectivity index (χ1n) is 10.7. The van der Waals surface area contributed by atoms with Crippen molar-refractivity contribution in [2.45, 2.75) is 27.0 Å². The highest BCUT2D eigenvalue weighted by atomic mass is 16.5. The van der Waals surface area contributed by atoms with Crippen molar-refractivity contribution in [1.29, 1.82) is 0 Å². The molecule has 0 bridgehead atoms. The van der Waals surface area contributed by atoms with Crippen LogP contribution in [0.5, 0.6) is 11.5 Å². The molecule has 0 radical (unpaired) electrons. The predicted octanol–water partition coefficient (Wildman–Crippen LogP) is 4.89. The Kier molecular flexibility index (Phi) is 6.40. The second kappa shape index (κ2) is 9.56. The predicted molar refractivity (Wildman–Crippen MR) is 124 cm³/mol. The van der Waals surface area contributed by atoms with E-state index in [9.17, 15) is 4.79 Å². The number of carbonyl (C=O) groups is 1. The molecule has 32 heavy (non-hydrogen) atoms. The summed E-state index contributed by atoms with van der Waals surface area (Å²) >= 11 is 0. The van der Waals surface area contributed by atoms with Gasteiger partial charge in [0.15, 0.2) is 0 Å². The molecule has 0 aliphatic heterocycles. The van der Waals surface area contributed by atoms with E-state index in [4.69, 9.17) is 9.47 Å². The summed E-state index contributed by atoms with van der Waals surface area (Å²) in [7, 11) is 1.79. The van der Waals surface area contributed by atoms with Gasteiger partial charge in [-0.2, -0.15) is 0 Å². The van der Waals surface area contributed by atoms with Crippen LogP contribution in [0.25, 0.3) is 5.65 Å². The molecule has 2 heterocycles. The van der Waals surface area contributed by atoms with Crippen LogP contribution < -0.4 is 9.47 Å². The average molecular weight is 430 g/mol. The normalized spacial score (nSPS) is 10.8. The number of hydrogen-bond acceptors (Lipinski definition) is 4. The molecule has 0 saturated heterocycles. The van der Waals surface area contributed by atoms with Crippen LogP contribution in [-0.4, -0.2) is 33.8 Å². The zero-order valence-corrected chi connectivity index (χ0v) is 18.6. The Bertz CT molecular complexity index is 1210. The molecule has 0 spiro atoms. The van der Waals surface area contributed by atoms with Crippen LogP contribution in [0.3, 0.4) is 0 Å². The summed E-state index contributed by atoms with van der Waals surface area (Å²) < 4.78 is 13.5. The van der Waals surface area contributed by atoms with Crippen molar-refractivity contribution in [1.82, 2.24) is 14.3 Å². The monoisotopic (exact) mass is 429 g/mol. The van der Waals surface area contributed by atoms with Gasteiger partial charge in [0.05, 0.1) is 17.9 Å². The van der Waals surface area contributed by atoms with Gasteiger partial charge in [0.25, 0.3) is 5.91 Å². The summed E-state index contributed by atoms with van der Waals surface area (Å²) in [6, 6.07) is 19.1. The zero-order valence-electron chi connectivity index (χ0n) is 18.6. The first-order chi connectivity index (χ1) is 15.5. The maximum Gasteiger partial charge on any atom is 0.257 e. The van der Waals surface area contributed by atoms with Gasteiger partial charge in [-0.25, -0.2) is 4.98 Å². The summed E-state index contributed by atoms with van der Waals surface area (Å²) in [6.45, 7) is 5.39. The van der Waals surface area contributed by atoms with E-state index in [1.54, 1.807) is 18.0 Å². The van der Waals surface area contributed by atoms with Crippen LogP contribution in [0, 0.1) is 6.92 Å². The van der Waals surface area contributed by atoms with Gasteiger partial charge in [-0.3, -0.25) is 4.79 Å². The molecular formula is C26H27N3O3. The molecule has 4 aromatic rings. The average Bonchev–Trinajstić information content (AvgIpc) is 3.23. The molecule has 6 heteroatoms. The lowest BCUT2D eigenvalue weighted by Gasteiger charge is -2.19. The number of benzene rings is 2. The van der Waals surface area contributed by atoms with Crippen molar-refractivity contribution >= 4 is 11.6 Å². The van der Waals surface area contributed by atoms with Crippen molar-refractivity contribution < 1.29 is 14.3 Å². The minimum Gasteiger partial charge on any atom is -0.494 e. The van der Waals surface area contributed by atoms with E-state index < -0.39 is 0 Å². The van der Waals surface area contributed by atoms with Crippen LogP contribution in [0.2, 0.25) is 0 Å². The van der Waals surface area contributed by atoms with E-state index in [1.165, 1.54) is 0 Å². The van der Waals surface area contributed by atoms with Gasteiger partial charge >= 0.3 is 0 Å². The molecular weight excluding hydrogens is 402 g/mol. The summed E-state index contributed by atoms with van der Waals surface area (Å²) in [4.78, 5) is 19.5. The molecule has 0 fully saturated rings. The van der Waals surface area contributed by atoms with E-state index in [0.29, 0.717) is 24.5 Å². The number of carbonyl (C=O) groups excluding carboxylic acids is 1. The highest BCUT2D eigenvalue weighted by Gasteiger charge is 2.17. The van der Waals surface area contributed by atoms with Crippen molar-refractivity contribution in [2.24, 2.45) is 0 Å². The third-order valence-corrected chi connectivity index (χ3v) is 5.22. The SMILES string of the molecule is CCOc1ccc(CN(C)C(=O)c2ccccc2OCc2cn3cccc(C)c3n2)cc1. The van der Waals surface area contributed by atoms with E-state index >= 15 is 0 Å². The number of hydrogen-bond donors (Lipinski definition) is 0. The number of nitrogens with zero attached hydrogens (tertiary/aromatic N) is 3. The van der Waals surface area contributed by atoms with Gasteiger partial charge in [0.1, 0.15) is 23.8 Å². The fourth-order valence-electron chi connectivity index (χ4n) is 3.60. The highest BCUT2D eigenvalue weighted by molar-refractivity contribution is 5.96. The van der Waals surface area contributed by atoms with Gasteiger partial charge in [-0.15, -0.1) is 0 Å². The van der Waals surface area contributed by atoms with E-state index in [2.05, 4.69) is 4.98 Å². The fourth-order valence-corrected chi connectivity index (χ4v) is 3.60. The van der Waals surface area contributed by atoms with Gasteiger partial charge in [-0.05, 0) is 55.3 Å². The third kappa shape index (κ3) is 4.75. The maximum atomic E-state index is 13.1. The number of aryl methyl sites for hydroxylation is 1. The van der Waals surface area contributed by atoms with Gasteiger partial charge in [-0.1, -0.05) is 30.3 Å². The molecule has 1 amide bonds. The number of fused-ring (bicyclic) bond motifs is 1. The molecule has 4 rings (SSSR count). The van der Waals surface area contributed by atoms with E-state index in [-0.39, 0.29) is 12.5 Å². The summed E-state index contributed by atoms with van der Waals surface area (Å²) in [6.07, 6.45) is 3.91. The summed E-state index contributed by atoms with van der Waals surface area (Å²) in [5.74, 6) is 1.27. The zero-order chi connectivity index (χ0) is 22.5. The standard InChI is InChI=1S/C26H27N3O3/c1-4-31-22-13-11-20(12-14-22)16-28(3)26(30)23-9-5-6-10-24(23)32-18-21-17-29-15-7-8-19(2)25(29)27-21/h5-15,17H,4,16,18H2,1-3H3. The van der Waals surface area contributed by atoms with E-state index in [1.807, 2.05) is 85.2 Å². The molecule has 0 unspecified atom stereocenters. The molecule has 2 aromatic heterocycles.